The SMILES string of the molecule is COC(=O)/C=C/C[C@H](CCC1(c2ccccc2)OCCO1)N[S+]([O-])C(C)(C)C. The molecule has 2 atom stereocenters. The molecule has 1 saturated heterocycles. The monoisotopic (exact) mass is 409 g/mol. The summed E-state index contributed by atoms with van der Waals surface area (Å²) in [6.07, 6.45) is 4.96. The number of esters is 1. The summed E-state index contributed by atoms with van der Waals surface area (Å²) in [5, 5.41) is 0. The Balaban J connectivity index is 2.09. The molecule has 1 N–H and O–H groups in total. The predicted octanol–water partition coefficient (Wildman–Crippen LogP) is 3.21. The minimum absolute atomic E-state index is 0.102. The van der Waals surface area contributed by atoms with Gasteiger partial charge in [0.05, 0.1) is 26.4 Å². The molecule has 0 bridgehead atoms. The third-order valence-electron chi connectivity index (χ3n) is 4.49. The van der Waals surface area contributed by atoms with Crippen molar-refractivity contribution in [3.63, 3.8) is 0 Å². The van der Waals surface area contributed by atoms with E-state index in [9.17, 15) is 9.35 Å². The molecule has 0 saturated carbocycles. The summed E-state index contributed by atoms with van der Waals surface area (Å²) in [4.78, 5) is 11.3. The Kier molecular flexibility index (Phi) is 8.52. The van der Waals surface area contributed by atoms with Crippen LogP contribution >= 0.6 is 0 Å². The second-order valence-electron chi connectivity index (χ2n) is 7.71. The van der Waals surface area contributed by atoms with Gasteiger partial charge in [-0.15, -0.1) is 4.72 Å². The fourth-order valence-corrected chi connectivity index (χ4v) is 3.79. The van der Waals surface area contributed by atoms with Gasteiger partial charge in [0.1, 0.15) is 4.75 Å². The van der Waals surface area contributed by atoms with Gasteiger partial charge in [0, 0.05) is 29.4 Å². The minimum Gasteiger partial charge on any atom is -0.598 e. The summed E-state index contributed by atoms with van der Waals surface area (Å²) in [7, 11) is 1.34. The number of hydrogen-bond donors (Lipinski definition) is 1. The van der Waals surface area contributed by atoms with Crippen LogP contribution in [0.1, 0.15) is 45.6 Å². The van der Waals surface area contributed by atoms with E-state index in [0.29, 0.717) is 32.5 Å². The Hall–Kier alpha value is -1.38. The van der Waals surface area contributed by atoms with Crippen molar-refractivity contribution in [2.75, 3.05) is 20.3 Å². The fraction of sp³-hybridized carbons (Fsp3) is 0.571. The highest BCUT2D eigenvalue weighted by molar-refractivity contribution is 7.90. The van der Waals surface area contributed by atoms with Crippen molar-refractivity contribution in [3.8, 4) is 0 Å². The molecule has 0 aromatic heterocycles. The van der Waals surface area contributed by atoms with E-state index in [1.807, 2.05) is 51.1 Å². The molecule has 28 heavy (non-hydrogen) atoms. The Bertz CT molecular complexity index is 638. The van der Waals surface area contributed by atoms with Gasteiger partial charge in [-0.3, -0.25) is 0 Å². The van der Waals surface area contributed by atoms with Crippen LogP contribution in [0.2, 0.25) is 0 Å². The maximum Gasteiger partial charge on any atom is 0.330 e. The zero-order valence-electron chi connectivity index (χ0n) is 17.1. The van der Waals surface area contributed by atoms with Crippen molar-refractivity contribution in [2.45, 2.75) is 56.6 Å². The fourth-order valence-electron chi connectivity index (χ4n) is 2.92. The molecule has 7 heteroatoms. The van der Waals surface area contributed by atoms with Crippen molar-refractivity contribution >= 4 is 17.3 Å². The smallest absolute Gasteiger partial charge is 0.330 e. The number of hydrogen-bond acceptors (Lipinski definition) is 6. The Morgan fingerprint density at radius 3 is 2.54 bits per heavy atom. The van der Waals surface area contributed by atoms with Crippen molar-refractivity contribution in [3.05, 3.63) is 48.0 Å². The lowest BCUT2D eigenvalue weighted by Crippen LogP contribution is -2.45. The molecule has 2 rings (SSSR count). The maximum atomic E-state index is 12.6. The molecule has 1 fully saturated rings. The molecule has 0 radical (unpaired) electrons. The number of rotatable bonds is 9. The molecule has 1 aromatic carbocycles. The summed E-state index contributed by atoms with van der Waals surface area (Å²) < 4.78 is 32.0. The third-order valence-corrected chi connectivity index (χ3v) is 6.15. The first kappa shape index (κ1) is 22.9. The van der Waals surface area contributed by atoms with Gasteiger partial charge in [0.2, 0.25) is 0 Å². The van der Waals surface area contributed by atoms with Crippen LogP contribution in [-0.2, 0) is 36.2 Å². The van der Waals surface area contributed by atoms with E-state index in [2.05, 4.69) is 9.46 Å². The lowest BCUT2D eigenvalue weighted by molar-refractivity contribution is -0.172. The summed E-state index contributed by atoms with van der Waals surface area (Å²) >= 11 is -1.23. The van der Waals surface area contributed by atoms with Crippen LogP contribution in [0.15, 0.2) is 42.5 Å². The normalized spacial score (nSPS) is 18.9. The van der Waals surface area contributed by atoms with Crippen LogP contribution in [0.25, 0.3) is 0 Å². The van der Waals surface area contributed by atoms with Crippen molar-refractivity contribution in [1.82, 2.24) is 4.72 Å². The molecule has 1 aliphatic rings. The van der Waals surface area contributed by atoms with Gasteiger partial charge in [-0.1, -0.05) is 36.4 Å². The van der Waals surface area contributed by atoms with E-state index in [1.165, 1.54) is 13.2 Å². The summed E-state index contributed by atoms with van der Waals surface area (Å²) in [6.45, 7) is 6.86. The lowest BCUT2D eigenvalue weighted by Gasteiger charge is -2.31. The van der Waals surface area contributed by atoms with E-state index in [0.717, 1.165) is 5.56 Å². The summed E-state index contributed by atoms with van der Waals surface area (Å²) in [5.41, 5.74) is 0.980. The van der Waals surface area contributed by atoms with Crippen LogP contribution in [0.3, 0.4) is 0 Å². The largest absolute Gasteiger partial charge is 0.598 e. The zero-order valence-corrected chi connectivity index (χ0v) is 17.9. The molecule has 1 aromatic rings. The average Bonchev–Trinajstić information content (AvgIpc) is 3.15. The highest BCUT2D eigenvalue weighted by Gasteiger charge is 2.39. The molecule has 156 valence electrons. The van der Waals surface area contributed by atoms with Crippen LogP contribution < -0.4 is 4.72 Å². The molecule has 1 aliphatic heterocycles. The molecule has 1 heterocycles. The van der Waals surface area contributed by atoms with Gasteiger partial charge in [-0.2, -0.15) is 0 Å². The van der Waals surface area contributed by atoms with Gasteiger partial charge in [0.15, 0.2) is 5.79 Å². The number of benzene rings is 1. The van der Waals surface area contributed by atoms with E-state index >= 15 is 0 Å². The first-order chi connectivity index (χ1) is 13.3. The Labute approximate surface area is 170 Å². The first-order valence-corrected chi connectivity index (χ1v) is 10.7. The Morgan fingerprint density at radius 1 is 1.32 bits per heavy atom. The zero-order chi connectivity index (χ0) is 20.6. The van der Waals surface area contributed by atoms with Gasteiger partial charge in [0.25, 0.3) is 0 Å². The van der Waals surface area contributed by atoms with Crippen molar-refractivity contribution < 1.29 is 23.6 Å². The van der Waals surface area contributed by atoms with Gasteiger partial charge < -0.3 is 18.8 Å². The van der Waals surface area contributed by atoms with Gasteiger partial charge in [-0.05, 0) is 33.6 Å². The van der Waals surface area contributed by atoms with E-state index in [-0.39, 0.29) is 10.8 Å². The quantitative estimate of drug-likeness (QED) is 0.383. The number of carbonyl (C=O) groups is 1. The van der Waals surface area contributed by atoms with E-state index in [4.69, 9.17) is 9.47 Å². The minimum atomic E-state index is -1.23. The van der Waals surface area contributed by atoms with Crippen molar-refractivity contribution in [2.24, 2.45) is 0 Å². The van der Waals surface area contributed by atoms with Crippen LogP contribution in [0, 0.1) is 0 Å². The second kappa shape index (κ2) is 10.4. The summed E-state index contributed by atoms with van der Waals surface area (Å²) in [6, 6.07) is 9.78. The molecule has 6 nitrogen and oxygen atoms in total. The lowest BCUT2D eigenvalue weighted by atomic mass is 9.97. The van der Waals surface area contributed by atoms with Crippen LogP contribution in [0.5, 0.6) is 0 Å². The topological polar surface area (TPSA) is 79.9 Å². The molecule has 1 unspecified atom stereocenters. The van der Waals surface area contributed by atoms with Crippen LogP contribution in [-0.4, -0.2) is 41.6 Å². The molecular weight excluding hydrogens is 378 g/mol. The standard InChI is InChI=1S/C21H31NO5S/c1-20(2,3)28(24)22-18(11-8-12-19(23)25-4)13-14-21(26-15-16-27-21)17-9-6-5-7-10-17/h5-10,12,18,22H,11,13-16H2,1-4H3/b12-8+/t18-,28?/m1/s1. The third kappa shape index (κ3) is 6.60. The first-order valence-electron chi connectivity index (χ1n) is 9.53. The molecule has 0 spiro atoms. The average molecular weight is 410 g/mol. The number of methoxy groups -OCH3 is 1. The van der Waals surface area contributed by atoms with E-state index in [1.54, 1.807) is 6.08 Å². The highest BCUT2D eigenvalue weighted by atomic mass is 32.2. The van der Waals surface area contributed by atoms with Gasteiger partial charge in [-0.25, -0.2) is 4.79 Å². The predicted molar refractivity (Wildman–Crippen MR) is 110 cm³/mol. The van der Waals surface area contributed by atoms with Crippen LogP contribution in [0.4, 0.5) is 0 Å². The number of ether oxygens (including phenoxy) is 3. The van der Waals surface area contributed by atoms with E-state index < -0.39 is 23.1 Å². The number of carbonyl (C=O) groups excluding carboxylic acids is 1. The summed E-state index contributed by atoms with van der Waals surface area (Å²) in [5.74, 6) is -1.19. The second-order valence-corrected chi connectivity index (χ2v) is 9.71. The van der Waals surface area contributed by atoms with Crippen molar-refractivity contribution in [1.29, 1.82) is 0 Å². The molecular formula is C21H31NO5S. The molecule has 0 amide bonds. The maximum absolute atomic E-state index is 12.6. The number of nitrogens with one attached hydrogen (secondary N) is 1. The Morgan fingerprint density at radius 2 is 1.96 bits per heavy atom. The molecule has 0 aliphatic carbocycles. The highest BCUT2D eigenvalue weighted by Crippen LogP contribution is 2.36. The van der Waals surface area contributed by atoms with Gasteiger partial charge >= 0.3 is 5.97 Å².